The molecule has 0 saturated carbocycles. The van der Waals surface area contributed by atoms with Gasteiger partial charge in [0.25, 0.3) is 5.91 Å². The summed E-state index contributed by atoms with van der Waals surface area (Å²) < 4.78 is 5.32. The predicted molar refractivity (Wildman–Crippen MR) is 63.0 cm³/mol. The van der Waals surface area contributed by atoms with E-state index >= 15 is 0 Å². The fourth-order valence-electron chi connectivity index (χ4n) is 2.47. The van der Waals surface area contributed by atoms with Gasteiger partial charge in [-0.25, -0.2) is 4.98 Å². The minimum Gasteiger partial charge on any atom is -0.381 e. The topological polar surface area (TPSA) is 42.4 Å². The number of pyridine rings is 1. The van der Waals surface area contributed by atoms with E-state index in [4.69, 9.17) is 16.3 Å². The summed E-state index contributed by atoms with van der Waals surface area (Å²) in [6.07, 6.45) is 1.82. The van der Waals surface area contributed by atoms with Crippen LogP contribution in [0.15, 0.2) is 12.1 Å². The molecule has 0 radical (unpaired) electrons. The average molecular weight is 253 g/mol. The van der Waals surface area contributed by atoms with E-state index in [9.17, 15) is 4.79 Å². The zero-order chi connectivity index (χ0) is 11.8. The second-order valence-electron chi connectivity index (χ2n) is 4.40. The Bertz CT molecular complexity index is 458. The van der Waals surface area contributed by atoms with Crippen molar-refractivity contribution >= 4 is 17.5 Å². The molecule has 2 aliphatic rings. The molecule has 1 amide bonds. The van der Waals surface area contributed by atoms with Gasteiger partial charge in [0.2, 0.25) is 0 Å². The van der Waals surface area contributed by atoms with Crippen molar-refractivity contribution in [3.63, 3.8) is 0 Å². The molecule has 0 atom stereocenters. The maximum absolute atomic E-state index is 12.2. The number of nitrogens with zero attached hydrogens (tertiary/aromatic N) is 2. The Labute approximate surface area is 105 Å². The molecule has 0 N–H and O–H groups in total. The van der Waals surface area contributed by atoms with Crippen LogP contribution in [0.5, 0.6) is 0 Å². The summed E-state index contributed by atoms with van der Waals surface area (Å²) in [6.45, 7) is 2.05. The molecule has 1 saturated heterocycles. The molecule has 0 aliphatic carbocycles. The molecule has 0 aromatic carbocycles. The van der Waals surface area contributed by atoms with Crippen molar-refractivity contribution in [2.75, 3.05) is 13.2 Å². The maximum Gasteiger partial charge on any atom is 0.256 e. The summed E-state index contributed by atoms with van der Waals surface area (Å²) in [5.74, 6) is 0.0797. The van der Waals surface area contributed by atoms with Crippen molar-refractivity contribution in [1.82, 2.24) is 9.88 Å². The van der Waals surface area contributed by atoms with Gasteiger partial charge in [0.15, 0.2) is 0 Å². The number of hydrogen-bond donors (Lipinski definition) is 0. The van der Waals surface area contributed by atoms with Crippen LogP contribution < -0.4 is 0 Å². The van der Waals surface area contributed by atoms with Crippen molar-refractivity contribution in [2.45, 2.75) is 25.4 Å². The number of ether oxygens (including phenoxy) is 1. The SMILES string of the molecule is O=C1c2ccc(Cl)nc2CN1C1CCOCC1. The van der Waals surface area contributed by atoms with Gasteiger partial charge in [-0.1, -0.05) is 11.6 Å². The van der Waals surface area contributed by atoms with Gasteiger partial charge in [-0.3, -0.25) is 4.79 Å². The number of carbonyl (C=O) groups excluding carboxylic acids is 1. The van der Waals surface area contributed by atoms with Gasteiger partial charge in [-0.15, -0.1) is 0 Å². The molecule has 3 rings (SSSR count). The van der Waals surface area contributed by atoms with Gasteiger partial charge in [0.05, 0.1) is 17.8 Å². The smallest absolute Gasteiger partial charge is 0.256 e. The first-order chi connectivity index (χ1) is 8.25. The van der Waals surface area contributed by atoms with Gasteiger partial charge < -0.3 is 9.64 Å². The number of hydrogen-bond acceptors (Lipinski definition) is 3. The lowest BCUT2D eigenvalue weighted by Crippen LogP contribution is -2.39. The molecule has 2 aliphatic heterocycles. The quantitative estimate of drug-likeness (QED) is 0.717. The molecule has 0 bridgehead atoms. The third kappa shape index (κ3) is 1.91. The largest absolute Gasteiger partial charge is 0.381 e. The first-order valence-electron chi connectivity index (χ1n) is 5.80. The normalized spacial score (nSPS) is 20.8. The van der Waals surface area contributed by atoms with E-state index in [0.29, 0.717) is 17.3 Å². The fraction of sp³-hybridized carbons (Fsp3) is 0.500. The first-order valence-corrected chi connectivity index (χ1v) is 6.17. The summed E-state index contributed by atoms with van der Waals surface area (Å²) in [5.41, 5.74) is 1.50. The summed E-state index contributed by atoms with van der Waals surface area (Å²) in [4.78, 5) is 18.3. The minimum atomic E-state index is 0.0797. The summed E-state index contributed by atoms with van der Waals surface area (Å²) in [7, 11) is 0. The lowest BCUT2D eigenvalue weighted by molar-refractivity contribution is 0.0302. The van der Waals surface area contributed by atoms with Crippen molar-refractivity contribution in [1.29, 1.82) is 0 Å². The Morgan fingerprint density at radius 3 is 2.88 bits per heavy atom. The molecule has 4 nitrogen and oxygen atoms in total. The van der Waals surface area contributed by atoms with Crippen molar-refractivity contribution in [2.24, 2.45) is 0 Å². The highest BCUT2D eigenvalue weighted by atomic mass is 35.5. The zero-order valence-electron chi connectivity index (χ0n) is 9.36. The number of fused-ring (bicyclic) bond motifs is 1. The number of rotatable bonds is 1. The van der Waals surface area contributed by atoms with Crippen LogP contribution in [0, 0.1) is 0 Å². The number of aromatic nitrogens is 1. The van der Waals surface area contributed by atoms with E-state index in [1.807, 2.05) is 4.90 Å². The molecule has 1 aromatic rings. The van der Waals surface area contributed by atoms with Crippen LogP contribution in [0.3, 0.4) is 0 Å². The van der Waals surface area contributed by atoms with Crippen LogP contribution in [0.1, 0.15) is 28.9 Å². The molecule has 1 aromatic heterocycles. The van der Waals surface area contributed by atoms with E-state index < -0.39 is 0 Å². The average Bonchev–Trinajstić information content (AvgIpc) is 2.67. The predicted octanol–water partition coefficient (Wildman–Crippen LogP) is 1.87. The van der Waals surface area contributed by atoms with Gasteiger partial charge in [-0.2, -0.15) is 0 Å². The summed E-state index contributed by atoms with van der Waals surface area (Å²) >= 11 is 5.84. The second kappa shape index (κ2) is 4.27. The molecule has 0 unspecified atom stereocenters. The van der Waals surface area contributed by atoms with E-state index in [0.717, 1.165) is 31.7 Å². The Hall–Kier alpha value is -1.13. The Balaban J connectivity index is 1.85. The van der Waals surface area contributed by atoms with E-state index in [2.05, 4.69) is 4.98 Å². The molecule has 90 valence electrons. The minimum absolute atomic E-state index is 0.0797. The van der Waals surface area contributed by atoms with Crippen LogP contribution in [0.4, 0.5) is 0 Å². The summed E-state index contributed by atoms with van der Waals surface area (Å²) in [5, 5.41) is 0.449. The van der Waals surface area contributed by atoms with E-state index in [-0.39, 0.29) is 11.9 Å². The molecule has 5 heteroatoms. The molecular weight excluding hydrogens is 240 g/mol. The standard InChI is InChI=1S/C12H13ClN2O2/c13-11-2-1-9-10(14-11)7-15(12(9)16)8-3-5-17-6-4-8/h1-2,8H,3-7H2. The van der Waals surface area contributed by atoms with Crippen LogP contribution in [-0.4, -0.2) is 35.0 Å². The third-order valence-electron chi connectivity index (χ3n) is 3.38. The third-order valence-corrected chi connectivity index (χ3v) is 3.59. The second-order valence-corrected chi connectivity index (χ2v) is 4.79. The molecule has 17 heavy (non-hydrogen) atoms. The van der Waals surface area contributed by atoms with Crippen molar-refractivity contribution in [3.05, 3.63) is 28.5 Å². The Morgan fingerprint density at radius 1 is 1.35 bits per heavy atom. The van der Waals surface area contributed by atoms with Crippen LogP contribution in [0.2, 0.25) is 5.15 Å². The van der Waals surface area contributed by atoms with Gasteiger partial charge in [0.1, 0.15) is 5.15 Å². The van der Waals surface area contributed by atoms with Crippen molar-refractivity contribution < 1.29 is 9.53 Å². The molecular formula is C12H13ClN2O2. The Kier molecular flexibility index (Phi) is 2.76. The first kappa shape index (κ1) is 11.0. The number of halogens is 1. The maximum atomic E-state index is 12.2. The van der Waals surface area contributed by atoms with Crippen LogP contribution in [0.25, 0.3) is 0 Å². The monoisotopic (exact) mass is 252 g/mol. The lowest BCUT2D eigenvalue weighted by atomic mass is 10.1. The van der Waals surface area contributed by atoms with Crippen LogP contribution >= 0.6 is 11.6 Å². The zero-order valence-corrected chi connectivity index (χ0v) is 10.1. The van der Waals surface area contributed by atoms with E-state index in [1.54, 1.807) is 12.1 Å². The molecule has 1 fully saturated rings. The molecule has 3 heterocycles. The molecule has 0 spiro atoms. The van der Waals surface area contributed by atoms with Gasteiger partial charge >= 0.3 is 0 Å². The lowest BCUT2D eigenvalue weighted by Gasteiger charge is -2.30. The fourth-order valence-corrected chi connectivity index (χ4v) is 2.63. The summed E-state index contributed by atoms with van der Waals surface area (Å²) in [6, 6.07) is 3.72. The van der Waals surface area contributed by atoms with Gasteiger partial charge in [0, 0.05) is 19.3 Å². The van der Waals surface area contributed by atoms with Gasteiger partial charge in [-0.05, 0) is 25.0 Å². The Morgan fingerprint density at radius 2 is 2.12 bits per heavy atom. The highest BCUT2D eigenvalue weighted by Gasteiger charge is 2.34. The number of amides is 1. The number of carbonyl (C=O) groups is 1. The van der Waals surface area contributed by atoms with Crippen molar-refractivity contribution in [3.8, 4) is 0 Å². The highest BCUT2D eigenvalue weighted by molar-refractivity contribution is 6.29. The van der Waals surface area contributed by atoms with E-state index in [1.165, 1.54) is 0 Å². The van der Waals surface area contributed by atoms with Crippen LogP contribution in [-0.2, 0) is 11.3 Å². The highest BCUT2D eigenvalue weighted by Crippen LogP contribution is 2.27.